The summed E-state index contributed by atoms with van der Waals surface area (Å²) in [7, 11) is 0. The highest BCUT2D eigenvalue weighted by molar-refractivity contribution is 5.80. The van der Waals surface area contributed by atoms with Crippen molar-refractivity contribution < 1.29 is 14.3 Å². The number of carbonyl (C=O) groups excluding carboxylic acids is 1. The van der Waals surface area contributed by atoms with Gasteiger partial charge in [-0.1, -0.05) is 13.3 Å². The van der Waals surface area contributed by atoms with E-state index in [0.717, 1.165) is 32.5 Å². The maximum atomic E-state index is 11.7. The third-order valence-electron chi connectivity index (χ3n) is 2.96. The summed E-state index contributed by atoms with van der Waals surface area (Å²) < 4.78 is 11.2. The highest BCUT2D eigenvalue weighted by atomic mass is 16.5. The quantitative estimate of drug-likeness (QED) is 0.660. The van der Waals surface area contributed by atoms with Crippen LogP contribution in [-0.2, 0) is 14.3 Å². The summed E-state index contributed by atoms with van der Waals surface area (Å²) in [6.07, 6.45) is 1.92. The molecule has 0 aromatic carbocycles. The lowest BCUT2D eigenvalue weighted by Gasteiger charge is -2.29. The third-order valence-corrected chi connectivity index (χ3v) is 2.96. The van der Waals surface area contributed by atoms with E-state index in [1.54, 1.807) is 6.92 Å². The predicted molar refractivity (Wildman–Crippen MR) is 70.5 cm³/mol. The number of hydrogen-bond donors (Lipinski definition) is 2. The number of nitrogens with one attached hydrogen (secondary N) is 2. The zero-order valence-electron chi connectivity index (χ0n) is 11.7. The fourth-order valence-corrected chi connectivity index (χ4v) is 1.83. The van der Waals surface area contributed by atoms with E-state index in [2.05, 4.69) is 17.6 Å². The van der Waals surface area contributed by atoms with Crippen LogP contribution in [0.3, 0.4) is 0 Å². The van der Waals surface area contributed by atoms with Gasteiger partial charge < -0.3 is 20.1 Å². The summed E-state index contributed by atoms with van der Waals surface area (Å²) in [6, 6.07) is 0. The van der Waals surface area contributed by atoms with Crippen molar-refractivity contribution in [1.82, 2.24) is 10.6 Å². The van der Waals surface area contributed by atoms with Crippen LogP contribution in [0, 0.1) is 0 Å². The Balaban J connectivity index is 2.15. The summed E-state index contributed by atoms with van der Waals surface area (Å²) in [6.45, 7) is 8.75. The summed E-state index contributed by atoms with van der Waals surface area (Å²) >= 11 is 0. The van der Waals surface area contributed by atoms with Gasteiger partial charge in [-0.3, -0.25) is 4.79 Å². The first-order chi connectivity index (χ1) is 8.63. The second kappa shape index (κ2) is 8.45. The molecule has 5 nitrogen and oxygen atoms in total. The molecule has 0 aromatic heterocycles. The molecular formula is C13H26N2O3. The van der Waals surface area contributed by atoms with Gasteiger partial charge in [-0.05, 0) is 20.3 Å². The Morgan fingerprint density at radius 2 is 2.33 bits per heavy atom. The summed E-state index contributed by atoms with van der Waals surface area (Å²) in [5, 5.41) is 6.13. The van der Waals surface area contributed by atoms with Gasteiger partial charge in [-0.15, -0.1) is 0 Å². The minimum Gasteiger partial charge on any atom is -0.370 e. The largest absolute Gasteiger partial charge is 0.370 e. The van der Waals surface area contributed by atoms with Crippen molar-refractivity contribution in [1.29, 1.82) is 0 Å². The van der Waals surface area contributed by atoms with Crippen LogP contribution >= 0.6 is 0 Å². The predicted octanol–water partition coefficient (Wildman–Crippen LogP) is 0.685. The fraction of sp³-hybridized carbons (Fsp3) is 0.923. The molecular weight excluding hydrogens is 232 g/mol. The van der Waals surface area contributed by atoms with E-state index < -0.39 is 6.10 Å². The SMILES string of the molecule is CCCCNC(=O)C(C)OCC1CNCC(C)O1. The molecule has 0 aromatic rings. The van der Waals surface area contributed by atoms with Gasteiger partial charge in [0, 0.05) is 19.6 Å². The second-order valence-electron chi connectivity index (χ2n) is 4.85. The van der Waals surface area contributed by atoms with Crippen molar-refractivity contribution in [3.63, 3.8) is 0 Å². The summed E-state index contributed by atoms with van der Waals surface area (Å²) in [4.78, 5) is 11.7. The van der Waals surface area contributed by atoms with E-state index >= 15 is 0 Å². The van der Waals surface area contributed by atoms with E-state index in [1.165, 1.54) is 0 Å². The normalized spacial score (nSPS) is 25.7. The van der Waals surface area contributed by atoms with Gasteiger partial charge in [-0.2, -0.15) is 0 Å². The molecule has 0 aliphatic carbocycles. The van der Waals surface area contributed by atoms with Crippen LogP contribution in [0.2, 0.25) is 0 Å². The number of amides is 1. The molecule has 106 valence electrons. The molecule has 1 rings (SSSR count). The molecule has 18 heavy (non-hydrogen) atoms. The highest BCUT2D eigenvalue weighted by Gasteiger charge is 2.21. The van der Waals surface area contributed by atoms with Crippen LogP contribution in [0.5, 0.6) is 0 Å². The van der Waals surface area contributed by atoms with Gasteiger partial charge in [0.25, 0.3) is 0 Å². The topological polar surface area (TPSA) is 59.6 Å². The molecule has 0 spiro atoms. The number of morpholine rings is 1. The van der Waals surface area contributed by atoms with Crippen LogP contribution < -0.4 is 10.6 Å². The van der Waals surface area contributed by atoms with Crippen molar-refractivity contribution >= 4 is 5.91 Å². The van der Waals surface area contributed by atoms with E-state index in [9.17, 15) is 4.79 Å². The average Bonchev–Trinajstić information content (AvgIpc) is 2.36. The van der Waals surface area contributed by atoms with Gasteiger partial charge in [0.2, 0.25) is 5.91 Å². The van der Waals surface area contributed by atoms with Crippen LogP contribution in [0.4, 0.5) is 0 Å². The Kier molecular flexibility index (Phi) is 7.23. The van der Waals surface area contributed by atoms with Crippen LogP contribution in [0.15, 0.2) is 0 Å². The molecule has 1 aliphatic rings. The molecule has 1 saturated heterocycles. The first kappa shape index (κ1) is 15.4. The zero-order valence-corrected chi connectivity index (χ0v) is 11.7. The molecule has 3 atom stereocenters. The van der Waals surface area contributed by atoms with Gasteiger partial charge in [0.15, 0.2) is 0 Å². The molecule has 0 saturated carbocycles. The van der Waals surface area contributed by atoms with Crippen molar-refractivity contribution in [2.75, 3.05) is 26.2 Å². The average molecular weight is 258 g/mol. The van der Waals surface area contributed by atoms with Gasteiger partial charge >= 0.3 is 0 Å². The lowest BCUT2D eigenvalue weighted by atomic mass is 10.2. The molecule has 2 N–H and O–H groups in total. The lowest BCUT2D eigenvalue weighted by molar-refractivity contribution is -0.136. The highest BCUT2D eigenvalue weighted by Crippen LogP contribution is 2.05. The monoisotopic (exact) mass is 258 g/mol. The molecule has 1 heterocycles. The first-order valence-corrected chi connectivity index (χ1v) is 6.89. The van der Waals surface area contributed by atoms with Crippen LogP contribution in [0.25, 0.3) is 0 Å². The number of carbonyl (C=O) groups is 1. The Hall–Kier alpha value is -0.650. The first-order valence-electron chi connectivity index (χ1n) is 6.89. The van der Waals surface area contributed by atoms with Gasteiger partial charge in [-0.25, -0.2) is 0 Å². The second-order valence-corrected chi connectivity index (χ2v) is 4.85. The standard InChI is InChI=1S/C13H26N2O3/c1-4-5-6-15-13(16)11(3)17-9-12-8-14-7-10(2)18-12/h10-12,14H,4-9H2,1-3H3,(H,15,16). The van der Waals surface area contributed by atoms with Crippen molar-refractivity contribution in [3.05, 3.63) is 0 Å². The van der Waals surface area contributed by atoms with Crippen molar-refractivity contribution in [2.24, 2.45) is 0 Å². The minimum atomic E-state index is -0.414. The Morgan fingerprint density at radius 1 is 1.56 bits per heavy atom. The summed E-state index contributed by atoms with van der Waals surface area (Å²) in [5.74, 6) is -0.0414. The number of hydrogen-bond acceptors (Lipinski definition) is 4. The molecule has 1 aliphatic heterocycles. The number of ether oxygens (including phenoxy) is 2. The minimum absolute atomic E-state index is 0.0413. The Bertz CT molecular complexity index is 248. The molecule has 0 radical (unpaired) electrons. The van der Waals surface area contributed by atoms with E-state index in [4.69, 9.17) is 9.47 Å². The van der Waals surface area contributed by atoms with Crippen LogP contribution in [-0.4, -0.2) is 50.5 Å². The maximum Gasteiger partial charge on any atom is 0.248 e. The van der Waals surface area contributed by atoms with Crippen molar-refractivity contribution in [3.8, 4) is 0 Å². The Morgan fingerprint density at radius 3 is 3.00 bits per heavy atom. The molecule has 5 heteroatoms. The molecule has 0 bridgehead atoms. The number of unbranched alkanes of at least 4 members (excludes halogenated alkanes) is 1. The van der Waals surface area contributed by atoms with Gasteiger partial charge in [0.1, 0.15) is 6.10 Å². The number of rotatable bonds is 7. The van der Waals surface area contributed by atoms with E-state index in [0.29, 0.717) is 6.61 Å². The van der Waals surface area contributed by atoms with E-state index in [-0.39, 0.29) is 18.1 Å². The van der Waals surface area contributed by atoms with Gasteiger partial charge in [0.05, 0.1) is 18.8 Å². The van der Waals surface area contributed by atoms with Crippen molar-refractivity contribution in [2.45, 2.75) is 51.9 Å². The van der Waals surface area contributed by atoms with Crippen LogP contribution in [0.1, 0.15) is 33.6 Å². The molecule has 3 unspecified atom stereocenters. The smallest absolute Gasteiger partial charge is 0.248 e. The van der Waals surface area contributed by atoms with E-state index in [1.807, 2.05) is 6.92 Å². The Labute approximate surface area is 110 Å². The zero-order chi connectivity index (χ0) is 13.4. The summed E-state index contributed by atoms with van der Waals surface area (Å²) in [5.41, 5.74) is 0. The molecule has 1 amide bonds. The third kappa shape index (κ3) is 5.80. The lowest BCUT2D eigenvalue weighted by Crippen LogP contribution is -2.46. The molecule has 1 fully saturated rings. The fourth-order valence-electron chi connectivity index (χ4n) is 1.83. The maximum absolute atomic E-state index is 11.7.